The first-order valence-electron chi connectivity index (χ1n) is 10.6. The third kappa shape index (κ3) is 6.15. The van der Waals surface area contributed by atoms with E-state index < -0.39 is 0 Å². The fraction of sp³-hybridized carbons (Fsp3) is 0.375. The Morgan fingerprint density at radius 3 is 2.39 bits per heavy atom. The molecule has 0 saturated carbocycles. The van der Waals surface area contributed by atoms with Crippen LogP contribution in [0.15, 0.2) is 48.5 Å². The lowest BCUT2D eigenvalue weighted by Gasteiger charge is -2.32. The van der Waals surface area contributed by atoms with Crippen LogP contribution >= 0.6 is 0 Å². The van der Waals surface area contributed by atoms with E-state index in [4.69, 9.17) is 0 Å². The summed E-state index contributed by atoms with van der Waals surface area (Å²) in [5.41, 5.74) is 3.52. The number of hydrogen-bond acceptors (Lipinski definition) is 3. The van der Waals surface area contributed by atoms with Crippen LogP contribution in [0.5, 0.6) is 0 Å². The quantitative estimate of drug-likeness (QED) is 0.720. The summed E-state index contributed by atoms with van der Waals surface area (Å²) in [5, 5.41) is 2.89. The number of nitrogens with zero attached hydrogens (tertiary/aromatic N) is 2. The summed E-state index contributed by atoms with van der Waals surface area (Å²) in [6.07, 6.45) is 0. The van der Waals surface area contributed by atoms with Crippen molar-refractivity contribution in [3.05, 3.63) is 65.2 Å². The van der Waals surface area contributed by atoms with Gasteiger partial charge < -0.3 is 20.0 Å². The van der Waals surface area contributed by atoms with E-state index in [2.05, 4.69) is 5.32 Å². The molecule has 7 heteroatoms. The van der Waals surface area contributed by atoms with Gasteiger partial charge in [0.2, 0.25) is 5.91 Å². The van der Waals surface area contributed by atoms with Gasteiger partial charge in [-0.25, -0.2) is 0 Å². The Hall–Kier alpha value is -3.19. The second-order valence-electron chi connectivity index (χ2n) is 8.20. The Morgan fingerprint density at radius 2 is 1.71 bits per heavy atom. The van der Waals surface area contributed by atoms with Gasteiger partial charge in [0.05, 0.1) is 32.7 Å². The molecular formula is C24H31N4O3+. The van der Waals surface area contributed by atoms with E-state index in [0.717, 1.165) is 21.7 Å². The second kappa shape index (κ2) is 10.2. The molecule has 3 rings (SSSR count). The zero-order chi connectivity index (χ0) is 22.4. The standard InChI is InChI=1S/C24H30N4O3/c1-18-9-10-19(2)21(15-18)25-22(29)16-26(3)23(30)17-27-11-13-28(14-12-27)24(31)20-7-5-4-6-8-20/h4-10,15H,11-14,16-17H2,1-3H3,(H,25,29)/p+1. The van der Waals surface area contributed by atoms with Gasteiger partial charge in [-0.2, -0.15) is 0 Å². The Labute approximate surface area is 183 Å². The molecule has 2 aromatic carbocycles. The number of likely N-dealkylation sites (N-methyl/N-ethyl adjacent to an activating group) is 1. The van der Waals surface area contributed by atoms with Crippen LogP contribution in [0.2, 0.25) is 0 Å². The van der Waals surface area contributed by atoms with Crippen LogP contribution in [0.3, 0.4) is 0 Å². The fourth-order valence-corrected chi connectivity index (χ4v) is 3.68. The first kappa shape index (κ1) is 22.5. The van der Waals surface area contributed by atoms with Crippen LogP contribution in [0.25, 0.3) is 0 Å². The largest absolute Gasteiger partial charge is 0.332 e. The molecule has 0 unspecified atom stereocenters. The molecular weight excluding hydrogens is 392 g/mol. The number of anilines is 1. The third-order valence-corrected chi connectivity index (χ3v) is 5.65. The number of nitrogens with one attached hydrogen (secondary N) is 2. The number of amides is 3. The summed E-state index contributed by atoms with van der Waals surface area (Å²) < 4.78 is 0. The molecule has 7 nitrogen and oxygen atoms in total. The summed E-state index contributed by atoms with van der Waals surface area (Å²) in [5.74, 6) is -0.252. The Balaban J connectivity index is 1.44. The van der Waals surface area contributed by atoms with Crippen molar-refractivity contribution in [1.29, 1.82) is 0 Å². The number of piperazine rings is 1. The van der Waals surface area contributed by atoms with Crippen molar-refractivity contribution >= 4 is 23.4 Å². The first-order chi connectivity index (χ1) is 14.8. The average Bonchev–Trinajstić information content (AvgIpc) is 2.76. The smallest absolute Gasteiger partial charge is 0.277 e. The average molecular weight is 424 g/mol. The number of rotatable bonds is 6. The lowest BCUT2D eigenvalue weighted by atomic mass is 10.1. The van der Waals surface area contributed by atoms with Crippen LogP contribution in [-0.2, 0) is 9.59 Å². The van der Waals surface area contributed by atoms with Crippen molar-refractivity contribution in [3.8, 4) is 0 Å². The predicted molar refractivity (Wildman–Crippen MR) is 120 cm³/mol. The maximum absolute atomic E-state index is 12.6. The summed E-state index contributed by atoms with van der Waals surface area (Å²) in [4.78, 5) is 42.0. The molecule has 1 aliphatic heterocycles. The van der Waals surface area contributed by atoms with E-state index >= 15 is 0 Å². The third-order valence-electron chi connectivity index (χ3n) is 5.65. The summed E-state index contributed by atoms with van der Waals surface area (Å²) in [7, 11) is 1.65. The van der Waals surface area contributed by atoms with Crippen molar-refractivity contribution in [3.63, 3.8) is 0 Å². The normalized spacial score (nSPS) is 14.2. The van der Waals surface area contributed by atoms with Crippen LogP contribution < -0.4 is 10.2 Å². The molecule has 1 heterocycles. The fourth-order valence-electron chi connectivity index (χ4n) is 3.68. The highest BCUT2D eigenvalue weighted by Crippen LogP contribution is 2.16. The molecule has 0 aliphatic carbocycles. The highest BCUT2D eigenvalue weighted by molar-refractivity contribution is 5.95. The molecule has 2 N–H and O–H groups in total. The SMILES string of the molecule is Cc1ccc(C)c(NC(=O)CN(C)C(=O)C[NH+]2CCN(C(=O)c3ccccc3)CC2)c1. The lowest BCUT2D eigenvalue weighted by molar-refractivity contribution is -0.896. The van der Waals surface area contributed by atoms with Gasteiger partial charge in [-0.1, -0.05) is 30.3 Å². The van der Waals surface area contributed by atoms with Crippen molar-refractivity contribution < 1.29 is 19.3 Å². The van der Waals surface area contributed by atoms with Gasteiger partial charge in [0, 0.05) is 18.3 Å². The molecule has 0 aromatic heterocycles. The number of carbonyl (C=O) groups is 3. The van der Waals surface area contributed by atoms with Crippen LogP contribution in [0.4, 0.5) is 5.69 Å². The monoisotopic (exact) mass is 423 g/mol. The van der Waals surface area contributed by atoms with Crippen molar-refractivity contribution in [2.45, 2.75) is 13.8 Å². The van der Waals surface area contributed by atoms with Gasteiger partial charge >= 0.3 is 0 Å². The first-order valence-corrected chi connectivity index (χ1v) is 10.6. The minimum Gasteiger partial charge on any atom is -0.332 e. The lowest BCUT2D eigenvalue weighted by Crippen LogP contribution is -3.15. The highest BCUT2D eigenvalue weighted by Gasteiger charge is 2.27. The van der Waals surface area contributed by atoms with Crippen LogP contribution in [0.1, 0.15) is 21.5 Å². The van der Waals surface area contributed by atoms with Gasteiger partial charge in [0.1, 0.15) is 0 Å². The highest BCUT2D eigenvalue weighted by atomic mass is 16.2. The number of benzene rings is 2. The zero-order valence-electron chi connectivity index (χ0n) is 18.5. The number of carbonyl (C=O) groups excluding carboxylic acids is 3. The Bertz CT molecular complexity index is 937. The molecule has 1 fully saturated rings. The maximum Gasteiger partial charge on any atom is 0.277 e. The number of aryl methyl sites for hydroxylation is 2. The molecule has 164 valence electrons. The van der Waals surface area contributed by atoms with E-state index in [1.807, 2.05) is 67.3 Å². The van der Waals surface area contributed by atoms with E-state index in [1.165, 1.54) is 4.90 Å². The van der Waals surface area contributed by atoms with Crippen LogP contribution in [-0.4, -0.2) is 73.8 Å². The number of hydrogen-bond donors (Lipinski definition) is 2. The van der Waals surface area contributed by atoms with Gasteiger partial charge in [0.15, 0.2) is 6.54 Å². The molecule has 0 radical (unpaired) electrons. The molecule has 1 aliphatic rings. The van der Waals surface area contributed by atoms with Crippen molar-refractivity contribution in [2.75, 3.05) is 51.6 Å². The molecule has 31 heavy (non-hydrogen) atoms. The minimum absolute atomic E-state index is 0.0120. The van der Waals surface area contributed by atoms with E-state index in [-0.39, 0.29) is 24.3 Å². The molecule has 3 amide bonds. The Morgan fingerprint density at radius 1 is 1.03 bits per heavy atom. The van der Waals surface area contributed by atoms with Crippen LogP contribution in [0, 0.1) is 13.8 Å². The van der Waals surface area contributed by atoms with Gasteiger partial charge in [-0.3, -0.25) is 14.4 Å². The predicted octanol–water partition coefficient (Wildman–Crippen LogP) is 0.741. The summed E-state index contributed by atoms with van der Waals surface area (Å²) in [6, 6.07) is 15.1. The van der Waals surface area contributed by atoms with E-state index in [1.54, 1.807) is 7.05 Å². The zero-order valence-corrected chi connectivity index (χ0v) is 18.5. The van der Waals surface area contributed by atoms with E-state index in [0.29, 0.717) is 38.3 Å². The van der Waals surface area contributed by atoms with E-state index in [9.17, 15) is 14.4 Å². The molecule has 2 aromatic rings. The van der Waals surface area contributed by atoms with Gasteiger partial charge in [-0.05, 0) is 43.2 Å². The summed E-state index contributed by atoms with van der Waals surface area (Å²) in [6.45, 7) is 6.91. The summed E-state index contributed by atoms with van der Waals surface area (Å²) >= 11 is 0. The van der Waals surface area contributed by atoms with Crippen molar-refractivity contribution in [1.82, 2.24) is 9.80 Å². The topological polar surface area (TPSA) is 74.2 Å². The van der Waals surface area contributed by atoms with Gasteiger partial charge in [-0.15, -0.1) is 0 Å². The molecule has 0 atom stereocenters. The molecule has 0 spiro atoms. The minimum atomic E-state index is -0.210. The van der Waals surface area contributed by atoms with Gasteiger partial charge in [0.25, 0.3) is 11.8 Å². The maximum atomic E-state index is 12.6. The number of quaternary nitrogens is 1. The Kier molecular flexibility index (Phi) is 7.41. The van der Waals surface area contributed by atoms with Crippen molar-refractivity contribution in [2.24, 2.45) is 0 Å². The molecule has 0 bridgehead atoms. The second-order valence-corrected chi connectivity index (χ2v) is 8.20. The molecule has 1 saturated heterocycles.